The Morgan fingerprint density at radius 2 is 1.73 bits per heavy atom. The number of aliphatic imine (C=N–C) groups is 1. The normalized spacial score (nSPS) is 16.0. The highest BCUT2D eigenvalue weighted by molar-refractivity contribution is 5.72. The number of nitrogen functional groups attached to an aromatic ring is 1. The van der Waals surface area contributed by atoms with Gasteiger partial charge in [-0.05, 0) is 30.3 Å². The lowest BCUT2D eigenvalue weighted by molar-refractivity contribution is 0.213. The number of anilines is 1. The summed E-state index contributed by atoms with van der Waals surface area (Å²) in [5.74, 6) is 2.10. The molecule has 1 unspecified atom stereocenters. The third-order valence-electron chi connectivity index (χ3n) is 3.59. The molecule has 0 spiro atoms. The molecule has 2 N–H and O–H groups in total. The molecular weight excluding hydrogens is 280 g/mol. The Balaban J connectivity index is 1.93. The van der Waals surface area contributed by atoms with E-state index in [0.29, 0.717) is 23.6 Å². The minimum Gasteiger partial charge on any atom is -0.493 e. The molecule has 114 valence electrons. The number of nitrogens with two attached hydrogens (primary N) is 1. The number of nitrogens with zero attached hydrogens (tertiary/aromatic N) is 1. The minimum absolute atomic E-state index is 0.115. The van der Waals surface area contributed by atoms with Crippen LogP contribution in [0.3, 0.4) is 0 Å². The molecule has 22 heavy (non-hydrogen) atoms. The number of methoxy groups -OCH3 is 2. The Labute approximate surface area is 129 Å². The summed E-state index contributed by atoms with van der Waals surface area (Å²) < 4.78 is 16.7. The highest BCUT2D eigenvalue weighted by Gasteiger charge is 2.22. The SMILES string of the molecule is COc1cc2c(cc1OC)C(Oc1ccc(N)cc1)CC=N2. The van der Waals surface area contributed by atoms with Crippen LogP contribution in [0.15, 0.2) is 41.4 Å². The van der Waals surface area contributed by atoms with Crippen LogP contribution in [0.4, 0.5) is 11.4 Å². The van der Waals surface area contributed by atoms with Gasteiger partial charge in [0.15, 0.2) is 11.5 Å². The smallest absolute Gasteiger partial charge is 0.162 e. The Bertz CT molecular complexity index is 696. The van der Waals surface area contributed by atoms with Crippen molar-refractivity contribution in [3.8, 4) is 17.2 Å². The van der Waals surface area contributed by atoms with Gasteiger partial charge in [0, 0.05) is 30.0 Å². The van der Waals surface area contributed by atoms with Crippen LogP contribution in [0.1, 0.15) is 18.1 Å². The van der Waals surface area contributed by atoms with Crippen molar-refractivity contribution < 1.29 is 14.2 Å². The third-order valence-corrected chi connectivity index (χ3v) is 3.59. The topological polar surface area (TPSA) is 66.1 Å². The third kappa shape index (κ3) is 2.70. The zero-order chi connectivity index (χ0) is 15.5. The van der Waals surface area contributed by atoms with E-state index in [1.54, 1.807) is 14.2 Å². The van der Waals surface area contributed by atoms with Crippen LogP contribution >= 0.6 is 0 Å². The second kappa shape index (κ2) is 5.97. The fourth-order valence-corrected chi connectivity index (χ4v) is 2.45. The van der Waals surface area contributed by atoms with Gasteiger partial charge in [-0.25, -0.2) is 0 Å². The summed E-state index contributed by atoms with van der Waals surface area (Å²) in [6.45, 7) is 0. The van der Waals surface area contributed by atoms with Gasteiger partial charge in [0.05, 0.1) is 19.9 Å². The number of ether oxygens (including phenoxy) is 3. The predicted octanol–water partition coefficient (Wildman–Crippen LogP) is 3.51. The summed E-state index contributed by atoms with van der Waals surface area (Å²) in [6, 6.07) is 11.2. The standard InChI is InChI=1S/C17H18N2O3/c1-20-16-9-13-14(10-17(16)21-2)19-8-7-15(13)22-12-5-3-11(18)4-6-12/h3-6,8-10,15H,7,18H2,1-2H3. The van der Waals surface area contributed by atoms with Gasteiger partial charge in [-0.15, -0.1) is 0 Å². The largest absolute Gasteiger partial charge is 0.493 e. The number of rotatable bonds is 4. The van der Waals surface area contributed by atoms with Gasteiger partial charge in [-0.1, -0.05) is 0 Å². The molecule has 1 aliphatic heterocycles. The number of fused-ring (bicyclic) bond motifs is 1. The average molecular weight is 298 g/mol. The predicted molar refractivity (Wildman–Crippen MR) is 86.5 cm³/mol. The first kappa shape index (κ1) is 14.3. The maximum absolute atomic E-state index is 6.07. The molecule has 5 heteroatoms. The number of hydrogen-bond donors (Lipinski definition) is 1. The fraction of sp³-hybridized carbons (Fsp3) is 0.235. The van der Waals surface area contributed by atoms with Gasteiger partial charge in [-0.2, -0.15) is 0 Å². The molecule has 3 rings (SSSR count). The van der Waals surface area contributed by atoms with Gasteiger partial charge < -0.3 is 19.9 Å². The molecule has 2 aromatic rings. The first-order valence-corrected chi connectivity index (χ1v) is 7.02. The molecule has 1 aliphatic rings. The Kier molecular flexibility index (Phi) is 3.87. The van der Waals surface area contributed by atoms with E-state index in [0.717, 1.165) is 17.0 Å². The molecule has 0 aliphatic carbocycles. The molecule has 0 saturated carbocycles. The highest BCUT2D eigenvalue weighted by atomic mass is 16.5. The fourth-order valence-electron chi connectivity index (χ4n) is 2.45. The second-order valence-corrected chi connectivity index (χ2v) is 4.99. The molecular formula is C17H18N2O3. The van der Waals surface area contributed by atoms with Crippen molar-refractivity contribution in [1.29, 1.82) is 0 Å². The molecule has 0 amide bonds. The molecule has 0 fully saturated rings. The van der Waals surface area contributed by atoms with Crippen molar-refractivity contribution in [2.24, 2.45) is 4.99 Å². The molecule has 0 radical (unpaired) electrons. The van der Waals surface area contributed by atoms with Gasteiger partial charge in [0.25, 0.3) is 0 Å². The summed E-state index contributed by atoms with van der Waals surface area (Å²) in [6.07, 6.45) is 2.44. The van der Waals surface area contributed by atoms with E-state index < -0.39 is 0 Å². The van der Waals surface area contributed by atoms with E-state index in [4.69, 9.17) is 19.9 Å². The van der Waals surface area contributed by atoms with Crippen LogP contribution < -0.4 is 19.9 Å². The van der Waals surface area contributed by atoms with E-state index in [1.165, 1.54) is 0 Å². The summed E-state index contributed by atoms with van der Waals surface area (Å²) in [4.78, 5) is 4.42. The zero-order valence-electron chi connectivity index (χ0n) is 12.6. The van der Waals surface area contributed by atoms with E-state index in [-0.39, 0.29) is 6.10 Å². The van der Waals surface area contributed by atoms with Gasteiger partial charge in [-0.3, -0.25) is 4.99 Å². The lowest BCUT2D eigenvalue weighted by Crippen LogP contribution is -2.12. The van der Waals surface area contributed by atoms with E-state index >= 15 is 0 Å². The highest BCUT2D eigenvalue weighted by Crippen LogP contribution is 2.41. The summed E-state index contributed by atoms with van der Waals surface area (Å²) in [5.41, 5.74) is 8.23. The monoisotopic (exact) mass is 298 g/mol. The molecule has 1 heterocycles. The van der Waals surface area contributed by atoms with Gasteiger partial charge in [0.1, 0.15) is 11.9 Å². The number of benzene rings is 2. The van der Waals surface area contributed by atoms with Crippen LogP contribution in [0.5, 0.6) is 17.2 Å². The van der Waals surface area contributed by atoms with E-state index in [9.17, 15) is 0 Å². The van der Waals surface area contributed by atoms with Gasteiger partial charge >= 0.3 is 0 Å². The Hall–Kier alpha value is -2.69. The lowest BCUT2D eigenvalue weighted by atomic mass is 10.0. The van der Waals surface area contributed by atoms with Crippen molar-refractivity contribution in [3.63, 3.8) is 0 Å². The Morgan fingerprint density at radius 1 is 1.05 bits per heavy atom. The van der Waals surface area contributed by atoms with Crippen molar-refractivity contribution in [2.45, 2.75) is 12.5 Å². The Morgan fingerprint density at radius 3 is 2.41 bits per heavy atom. The van der Waals surface area contributed by atoms with Gasteiger partial charge in [0.2, 0.25) is 0 Å². The first-order chi connectivity index (χ1) is 10.7. The molecule has 0 saturated heterocycles. The minimum atomic E-state index is -0.115. The van der Waals surface area contributed by atoms with Crippen LogP contribution in [-0.4, -0.2) is 20.4 Å². The van der Waals surface area contributed by atoms with Crippen LogP contribution in [0.2, 0.25) is 0 Å². The maximum Gasteiger partial charge on any atom is 0.162 e. The van der Waals surface area contributed by atoms with Crippen molar-refractivity contribution >= 4 is 17.6 Å². The van der Waals surface area contributed by atoms with Crippen molar-refractivity contribution in [2.75, 3.05) is 20.0 Å². The molecule has 0 bridgehead atoms. The van der Waals surface area contributed by atoms with Crippen molar-refractivity contribution in [3.05, 3.63) is 42.0 Å². The summed E-state index contributed by atoms with van der Waals surface area (Å²) >= 11 is 0. The first-order valence-electron chi connectivity index (χ1n) is 7.02. The lowest BCUT2D eigenvalue weighted by Gasteiger charge is -2.24. The zero-order valence-corrected chi connectivity index (χ0v) is 12.6. The second-order valence-electron chi connectivity index (χ2n) is 4.99. The summed E-state index contributed by atoms with van der Waals surface area (Å²) in [7, 11) is 3.23. The van der Waals surface area contributed by atoms with E-state index in [2.05, 4.69) is 4.99 Å². The molecule has 5 nitrogen and oxygen atoms in total. The van der Waals surface area contributed by atoms with Crippen molar-refractivity contribution in [1.82, 2.24) is 0 Å². The summed E-state index contributed by atoms with van der Waals surface area (Å²) in [5, 5.41) is 0. The van der Waals surface area contributed by atoms with E-state index in [1.807, 2.05) is 42.6 Å². The molecule has 1 atom stereocenters. The number of hydrogen-bond acceptors (Lipinski definition) is 5. The average Bonchev–Trinajstić information content (AvgIpc) is 2.56. The molecule has 2 aromatic carbocycles. The van der Waals surface area contributed by atoms with Crippen LogP contribution in [-0.2, 0) is 0 Å². The molecule has 0 aromatic heterocycles. The quantitative estimate of drug-likeness (QED) is 0.877. The maximum atomic E-state index is 6.07. The van der Waals surface area contributed by atoms with Crippen LogP contribution in [0, 0.1) is 0 Å². The van der Waals surface area contributed by atoms with Crippen LogP contribution in [0.25, 0.3) is 0 Å².